The van der Waals surface area contributed by atoms with Crippen LogP contribution in [0.1, 0.15) is 41.5 Å². The Morgan fingerprint density at radius 1 is 1.22 bits per heavy atom. The Labute approximate surface area is 164 Å². The number of anilines is 1. The molecule has 2 aromatic rings. The molecular formula is C20H28N4O2S. The fourth-order valence-corrected chi connectivity index (χ4v) is 5.08. The molecule has 1 atom stereocenters. The molecule has 4 rings (SSSR count). The van der Waals surface area contributed by atoms with Gasteiger partial charge in [-0.05, 0) is 51.3 Å². The maximum Gasteiger partial charge on any atom is 0.269 e. The number of hydrogen-bond donors (Lipinski definition) is 1. The minimum absolute atomic E-state index is 0.0163. The molecule has 2 aromatic heterocycles. The Balaban J connectivity index is 1.43. The molecule has 27 heavy (non-hydrogen) atoms. The summed E-state index contributed by atoms with van der Waals surface area (Å²) in [4.78, 5) is 20.0. The van der Waals surface area contributed by atoms with Crippen molar-refractivity contribution in [1.29, 1.82) is 0 Å². The van der Waals surface area contributed by atoms with Crippen LogP contribution in [0.4, 0.5) is 5.69 Å². The highest BCUT2D eigenvalue weighted by Crippen LogP contribution is 2.24. The molecule has 1 N–H and O–H groups in total. The second-order valence-electron chi connectivity index (χ2n) is 7.76. The van der Waals surface area contributed by atoms with Gasteiger partial charge in [-0.1, -0.05) is 0 Å². The maximum atomic E-state index is 12.7. The van der Waals surface area contributed by atoms with Crippen LogP contribution >= 0.6 is 11.3 Å². The van der Waals surface area contributed by atoms with Gasteiger partial charge < -0.3 is 10.0 Å². The number of thiophene rings is 1. The lowest BCUT2D eigenvalue weighted by molar-refractivity contribution is 0.145. The van der Waals surface area contributed by atoms with Crippen molar-refractivity contribution in [2.24, 2.45) is 0 Å². The molecule has 7 heteroatoms. The standard InChI is InChI=1S/C20H28N4O2S/c1-15-4-5-19(27-15)14-22-8-2-3-16(13-22)24-20(26)11-17(12-21-24)23-9-6-18(25)7-10-23/h4-5,11-12,16,18,25H,2-3,6-10,13-14H2,1H3/t16-/m1/s1. The van der Waals surface area contributed by atoms with Crippen LogP contribution in [0.3, 0.4) is 0 Å². The van der Waals surface area contributed by atoms with Crippen LogP contribution in [0.2, 0.25) is 0 Å². The summed E-state index contributed by atoms with van der Waals surface area (Å²) in [5, 5.41) is 14.2. The van der Waals surface area contributed by atoms with Gasteiger partial charge in [-0.25, -0.2) is 4.68 Å². The molecule has 0 aromatic carbocycles. The maximum absolute atomic E-state index is 12.7. The van der Waals surface area contributed by atoms with Gasteiger partial charge in [0.05, 0.1) is 24.0 Å². The first kappa shape index (κ1) is 18.7. The Morgan fingerprint density at radius 2 is 2.04 bits per heavy atom. The zero-order chi connectivity index (χ0) is 18.8. The van der Waals surface area contributed by atoms with Crippen LogP contribution in [0.5, 0.6) is 0 Å². The van der Waals surface area contributed by atoms with Gasteiger partial charge in [0, 0.05) is 42.0 Å². The third kappa shape index (κ3) is 4.42. The lowest BCUT2D eigenvalue weighted by Gasteiger charge is -2.33. The van der Waals surface area contributed by atoms with E-state index in [4.69, 9.17) is 0 Å². The smallest absolute Gasteiger partial charge is 0.269 e. The quantitative estimate of drug-likeness (QED) is 0.872. The van der Waals surface area contributed by atoms with E-state index in [2.05, 4.69) is 34.0 Å². The minimum Gasteiger partial charge on any atom is -0.393 e. The minimum atomic E-state index is -0.213. The van der Waals surface area contributed by atoms with Crippen LogP contribution in [-0.4, -0.2) is 52.1 Å². The zero-order valence-electron chi connectivity index (χ0n) is 15.9. The van der Waals surface area contributed by atoms with E-state index in [-0.39, 0.29) is 17.7 Å². The largest absolute Gasteiger partial charge is 0.393 e. The topological polar surface area (TPSA) is 61.6 Å². The van der Waals surface area contributed by atoms with Gasteiger partial charge in [0.15, 0.2) is 0 Å². The molecule has 2 aliphatic rings. The van der Waals surface area contributed by atoms with E-state index in [9.17, 15) is 9.90 Å². The van der Waals surface area contributed by atoms with Crippen molar-refractivity contribution in [3.8, 4) is 0 Å². The molecule has 2 fully saturated rings. The van der Waals surface area contributed by atoms with Crippen molar-refractivity contribution in [2.75, 3.05) is 31.1 Å². The van der Waals surface area contributed by atoms with E-state index < -0.39 is 0 Å². The van der Waals surface area contributed by atoms with Crippen molar-refractivity contribution < 1.29 is 5.11 Å². The van der Waals surface area contributed by atoms with Crippen molar-refractivity contribution in [1.82, 2.24) is 14.7 Å². The third-order valence-electron chi connectivity index (χ3n) is 5.64. The van der Waals surface area contributed by atoms with Crippen molar-refractivity contribution in [3.05, 3.63) is 44.5 Å². The molecule has 0 radical (unpaired) electrons. The second-order valence-corrected chi connectivity index (χ2v) is 9.13. The molecule has 0 spiro atoms. The lowest BCUT2D eigenvalue weighted by atomic mass is 10.1. The summed E-state index contributed by atoms with van der Waals surface area (Å²) in [6.45, 7) is 6.61. The van der Waals surface area contributed by atoms with E-state index in [0.29, 0.717) is 0 Å². The molecule has 0 unspecified atom stereocenters. The van der Waals surface area contributed by atoms with E-state index in [1.807, 2.05) is 17.5 Å². The summed E-state index contributed by atoms with van der Waals surface area (Å²) in [6.07, 6.45) is 5.21. The number of piperidine rings is 2. The van der Waals surface area contributed by atoms with Crippen molar-refractivity contribution >= 4 is 17.0 Å². The fraction of sp³-hybridized carbons (Fsp3) is 0.600. The summed E-state index contributed by atoms with van der Waals surface area (Å²) in [5.41, 5.74) is 0.863. The first-order chi connectivity index (χ1) is 13.1. The molecule has 6 nitrogen and oxygen atoms in total. The second kappa shape index (κ2) is 8.12. The number of aliphatic hydroxyl groups is 1. The van der Waals surface area contributed by atoms with Gasteiger partial charge in [-0.2, -0.15) is 5.10 Å². The summed E-state index contributed by atoms with van der Waals surface area (Å²) < 4.78 is 1.67. The molecular weight excluding hydrogens is 360 g/mol. The average molecular weight is 389 g/mol. The van der Waals surface area contributed by atoms with Gasteiger partial charge in [0.1, 0.15) is 0 Å². The Morgan fingerprint density at radius 3 is 2.74 bits per heavy atom. The Kier molecular flexibility index (Phi) is 5.61. The third-order valence-corrected chi connectivity index (χ3v) is 6.63. The van der Waals surface area contributed by atoms with E-state index >= 15 is 0 Å². The monoisotopic (exact) mass is 388 g/mol. The fourth-order valence-electron chi connectivity index (χ4n) is 4.14. The van der Waals surface area contributed by atoms with Crippen LogP contribution in [0.15, 0.2) is 29.2 Å². The average Bonchev–Trinajstić information content (AvgIpc) is 3.07. The number of aliphatic hydroxyl groups excluding tert-OH is 1. The van der Waals surface area contributed by atoms with Crippen LogP contribution in [0, 0.1) is 6.92 Å². The summed E-state index contributed by atoms with van der Waals surface area (Å²) in [5.74, 6) is 0. The normalized spacial score (nSPS) is 22.3. The predicted octanol–water partition coefficient (Wildman–Crippen LogP) is 2.41. The molecule has 0 aliphatic carbocycles. The molecule has 2 aliphatic heterocycles. The molecule has 0 saturated carbocycles. The van der Waals surface area contributed by atoms with Gasteiger partial charge in [-0.3, -0.25) is 9.69 Å². The van der Waals surface area contributed by atoms with E-state index in [0.717, 1.165) is 64.1 Å². The summed E-state index contributed by atoms with van der Waals surface area (Å²) in [6, 6.07) is 6.24. The zero-order valence-corrected chi connectivity index (χ0v) is 16.7. The van der Waals surface area contributed by atoms with Gasteiger partial charge in [0.2, 0.25) is 0 Å². The highest BCUT2D eigenvalue weighted by Gasteiger charge is 2.24. The summed E-state index contributed by atoms with van der Waals surface area (Å²) >= 11 is 1.85. The number of aryl methyl sites for hydroxylation is 1. The highest BCUT2D eigenvalue weighted by molar-refractivity contribution is 7.11. The van der Waals surface area contributed by atoms with Gasteiger partial charge in [-0.15, -0.1) is 11.3 Å². The number of aromatic nitrogens is 2. The predicted molar refractivity (Wildman–Crippen MR) is 109 cm³/mol. The van der Waals surface area contributed by atoms with E-state index in [1.165, 1.54) is 9.75 Å². The van der Waals surface area contributed by atoms with Crippen molar-refractivity contribution in [3.63, 3.8) is 0 Å². The van der Waals surface area contributed by atoms with E-state index in [1.54, 1.807) is 10.7 Å². The molecule has 2 saturated heterocycles. The number of rotatable bonds is 4. The summed E-state index contributed by atoms with van der Waals surface area (Å²) in [7, 11) is 0. The van der Waals surface area contributed by atoms with Gasteiger partial charge >= 0.3 is 0 Å². The molecule has 0 amide bonds. The van der Waals surface area contributed by atoms with Crippen LogP contribution in [-0.2, 0) is 6.54 Å². The number of hydrogen-bond acceptors (Lipinski definition) is 6. The number of nitrogens with zero attached hydrogens (tertiary/aromatic N) is 4. The first-order valence-electron chi connectivity index (χ1n) is 9.88. The lowest BCUT2D eigenvalue weighted by Crippen LogP contribution is -2.41. The first-order valence-corrected chi connectivity index (χ1v) is 10.7. The Hall–Kier alpha value is -1.70. The SMILES string of the molecule is Cc1ccc(CN2CCC[C@@H](n3ncc(N4CCC(O)CC4)cc3=O)C2)s1. The highest BCUT2D eigenvalue weighted by atomic mass is 32.1. The van der Waals surface area contributed by atoms with Crippen molar-refractivity contribution in [2.45, 2.75) is 51.3 Å². The number of likely N-dealkylation sites (tertiary alicyclic amines) is 1. The van der Waals surface area contributed by atoms with Crippen LogP contribution in [0.25, 0.3) is 0 Å². The van der Waals surface area contributed by atoms with Crippen LogP contribution < -0.4 is 10.5 Å². The molecule has 146 valence electrons. The Bertz CT molecular complexity index is 825. The molecule has 0 bridgehead atoms. The molecule has 4 heterocycles. The van der Waals surface area contributed by atoms with Gasteiger partial charge in [0.25, 0.3) is 5.56 Å².